The first-order valence-electron chi connectivity index (χ1n) is 7.99. The van der Waals surface area contributed by atoms with Crippen molar-refractivity contribution >= 4 is 17.5 Å². The Labute approximate surface area is 146 Å². The highest BCUT2D eigenvalue weighted by molar-refractivity contribution is 6.30. The zero-order chi connectivity index (χ0) is 17.1. The topological polar surface area (TPSA) is 58.6 Å². The van der Waals surface area contributed by atoms with Crippen LogP contribution in [0, 0.1) is 5.92 Å². The summed E-state index contributed by atoms with van der Waals surface area (Å²) in [7, 11) is 0. The number of nitrogens with one attached hydrogen (secondary N) is 1. The van der Waals surface area contributed by atoms with E-state index in [0.717, 1.165) is 16.9 Å². The summed E-state index contributed by atoms with van der Waals surface area (Å²) in [5.74, 6) is 0.487. The zero-order valence-corrected chi connectivity index (χ0v) is 14.2. The van der Waals surface area contributed by atoms with E-state index in [-0.39, 0.29) is 11.8 Å². The Hall–Kier alpha value is -2.04. The Balaban J connectivity index is 1.61. The van der Waals surface area contributed by atoms with E-state index in [1.807, 2.05) is 24.3 Å². The Morgan fingerprint density at radius 3 is 2.71 bits per heavy atom. The molecule has 24 heavy (non-hydrogen) atoms. The van der Waals surface area contributed by atoms with Crippen molar-refractivity contribution in [3.8, 4) is 5.75 Å². The molecule has 3 atom stereocenters. The number of hydrogen-bond acceptors (Lipinski definition) is 3. The van der Waals surface area contributed by atoms with Crippen molar-refractivity contribution in [1.82, 2.24) is 5.32 Å². The van der Waals surface area contributed by atoms with Crippen molar-refractivity contribution in [2.24, 2.45) is 5.92 Å². The normalized spacial score (nSPS) is 18.9. The summed E-state index contributed by atoms with van der Waals surface area (Å²) in [6.45, 7) is 2.14. The standard InChI is InChI=1S/C19H20ClNO3/c1-12(18(22)13-6-8-16(20)9-7-13)21-19(23)15-10-14-4-2-3-5-17(14)24-11-15/h2-9,12,15,18,22H,10-11H2,1H3,(H,21,23). The highest BCUT2D eigenvalue weighted by Gasteiger charge is 2.28. The molecule has 2 aromatic carbocycles. The van der Waals surface area contributed by atoms with E-state index >= 15 is 0 Å². The van der Waals surface area contributed by atoms with Gasteiger partial charge in [0.2, 0.25) is 5.91 Å². The lowest BCUT2D eigenvalue weighted by atomic mass is 9.95. The van der Waals surface area contributed by atoms with E-state index in [9.17, 15) is 9.90 Å². The van der Waals surface area contributed by atoms with E-state index in [0.29, 0.717) is 18.1 Å². The van der Waals surface area contributed by atoms with Crippen LogP contribution in [0.1, 0.15) is 24.2 Å². The van der Waals surface area contributed by atoms with Gasteiger partial charge in [0.15, 0.2) is 0 Å². The molecule has 0 radical (unpaired) electrons. The van der Waals surface area contributed by atoms with Gasteiger partial charge in [-0.05, 0) is 42.7 Å². The molecule has 0 saturated heterocycles. The molecule has 2 aromatic rings. The third kappa shape index (κ3) is 3.71. The van der Waals surface area contributed by atoms with Gasteiger partial charge in [0.1, 0.15) is 12.4 Å². The SMILES string of the molecule is CC(NC(=O)C1COc2ccccc2C1)C(O)c1ccc(Cl)cc1. The van der Waals surface area contributed by atoms with Gasteiger partial charge in [-0.3, -0.25) is 4.79 Å². The first-order chi connectivity index (χ1) is 11.5. The number of hydrogen-bond donors (Lipinski definition) is 2. The second-order valence-corrected chi connectivity index (χ2v) is 6.55. The number of rotatable bonds is 4. The summed E-state index contributed by atoms with van der Waals surface area (Å²) in [4.78, 5) is 12.5. The summed E-state index contributed by atoms with van der Waals surface area (Å²) in [5, 5.41) is 13.9. The Morgan fingerprint density at radius 1 is 1.25 bits per heavy atom. The van der Waals surface area contributed by atoms with Gasteiger partial charge in [0.25, 0.3) is 0 Å². The number of para-hydroxylation sites is 1. The third-order valence-electron chi connectivity index (χ3n) is 4.30. The van der Waals surface area contributed by atoms with Gasteiger partial charge in [0, 0.05) is 5.02 Å². The van der Waals surface area contributed by atoms with Crippen LogP contribution in [0.15, 0.2) is 48.5 Å². The molecule has 1 aliphatic heterocycles. The Kier molecular flexibility index (Phi) is 5.07. The minimum absolute atomic E-state index is 0.106. The molecule has 1 aliphatic rings. The molecule has 0 aromatic heterocycles. The lowest BCUT2D eigenvalue weighted by Gasteiger charge is -2.27. The largest absolute Gasteiger partial charge is 0.492 e. The number of carbonyl (C=O) groups is 1. The van der Waals surface area contributed by atoms with Crippen molar-refractivity contribution in [2.75, 3.05) is 6.61 Å². The fourth-order valence-corrected chi connectivity index (χ4v) is 2.99. The lowest BCUT2D eigenvalue weighted by Crippen LogP contribution is -2.43. The third-order valence-corrected chi connectivity index (χ3v) is 4.56. The second-order valence-electron chi connectivity index (χ2n) is 6.11. The smallest absolute Gasteiger partial charge is 0.227 e. The Morgan fingerprint density at radius 2 is 1.96 bits per heavy atom. The number of amides is 1. The Bertz CT molecular complexity index is 717. The molecule has 0 spiro atoms. The van der Waals surface area contributed by atoms with Crippen LogP contribution in [0.4, 0.5) is 0 Å². The van der Waals surface area contributed by atoms with Crippen molar-refractivity contribution in [2.45, 2.75) is 25.5 Å². The summed E-state index contributed by atoms with van der Waals surface area (Å²) in [6.07, 6.45) is -0.144. The van der Waals surface area contributed by atoms with Crippen LogP contribution in [0.3, 0.4) is 0 Å². The van der Waals surface area contributed by atoms with Crippen molar-refractivity contribution in [3.63, 3.8) is 0 Å². The maximum atomic E-state index is 12.5. The number of benzene rings is 2. The molecular weight excluding hydrogens is 326 g/mol. The van der Waals surface area contributed by atoms with Crippen LogP contribution in [-0.2, 0) is 11.2 Å². The summed E-state index contributed by atoms with van der Waals surface area (Å²) < 4.78 is 5.66. The molecule has 0 fully saturated rings. The van der Waals surface area contributed by atoms with Gasteiger partial charge in [-0.2, -0.15) is 0 Å². The van der Waals surface area contributed by atoms with Crippen molar-refractivity contribution < 1.29 is 14.6 Å². The molecule has 1 amide bonds. The van der Waals surface area contributed by atoms with Crippen LogP contribution in [0.5, 0.6) is 5.75 Å². The number of ether oxygens (including phenoxy) is 1. The molecule has 3 unspecified atom stereocenters. The molecule has 0 bridgehead atoms. The molecule has 126 valence electrons. The van der Waals surface area contributed by atoms with Crippen LogP contribution >= 0.6 is 11.6 Å². The maximum absolute atomic E-state index is 12.5. The van der Waals surface area contributed by atoms with Crippen LogP contribution in [0.2, 0.25) is 5.02 Å². The maximum Gasteiger partial charge on any atom is 0.227 e. The first-order valence-corrected chi connectivity index (χ1v) is 8.37. The number of carbonyl (C=O) groups excluding carboxylic acids is 1. The van der Waals surface area contributed by atoms with E-state index in [2.05, 4.69) is 5.32 Å². The molecule has 0 saturated carbocycles. The molecule has 2 N–H and O–H groups in total. The van der Waals surface area contributed by atoms with E-state index in [4.69, 9.17) is 16.3 Å². The fourth-order valence-electron chi connectivity index (χ4n) is 2.87. The van der Waals surface area contributed by atoms with E-state index in [1.54, 1.807) is 31.2 Å². The van der Waals surface area contributed by atoms with E-state index in [1.165, 1.54) is 0 Å². The summed E-state index contributed by atoms with van der Waals surface area (Å²) in [6, 6.07) is 14.3. The van der Waals surface area contributed by atoms with Gasteiger partial charge in [0.05, 0.1) is 18.1 Å². The monoisotopic (exact) mass is 345 g/mol. The average molecular weight is 346 g/mol. The van der Waals surface area contributed by atoms with Gasteiger partial charge in [-0.1, -0.05) is 41.9 Å². The van der Waals surface area contributed by atoms with Gasteiger partial charge < -0.3 is 15.2 Å². The number of halogens is 1. The lowest BCUT2D eigenvalue weighted by molar-refractivity contribution is -0.127. The van der Waals surface area contributed by atoms with Gasteiger partial charge in [-0.15, -0.1) is 0 Å². The predicted octanol–water partition coefficient (Wildman–Crippen LogP) is 3.13. The molecule has 0 aliphatic carbocycles. The molecule has 1 heterocycles. The minimum Gasteiger partial charge on any atom is -0.492 e. The average Bonchev–Trinajstić information content (AvgIpc) is 2.61. The number of fused-ring (bicyclic) bond motifs is 1. The van der Waals surface area contributed by atoms with Crippen molar-refractivity contribution in [3.05, 3.63) is 64.7 Å². The van der Waals surface area contributed by atoms with Crippen LogP contribution < -0.4 is 10.1 Å². The number of aliphatic hydroxyl groups excluding tert-OH is 1. The zero-order valence-electron chi connectivity index (χ0n) is 13.4. The molecule has 4 nitrogen and oxygen atoms in total. The minimum atomic E-state index is -0.789. The fraction of sp³-hybridized carbons (Fsp3) is 0.316. The number of aliphatic hydroxyl groups is 1. The summed E-state index contributed by atoms with van der Waals surface area (Å²) in [5.41, 5.74) is 1.76. The van der Waals surface area contributed by atoms with Gasteiger partial charge in [-0.25, -0.2) is 0 Å². The van der Waals surface area contributed by atoms with Crippen molar-refractivity contribution in [1.29, 1.82) is 0 Å². The quantitative estimate of drug-likeness (QED) is 0.895. The predicted molar refractivity (Wildman–Crippen MR) is 93.1 cm³/mol. The molecule has 5 heteroatoms. The first kappa shape index (κ1) is 16.8. The molecular formula is C19H20ClNO3. The van der Waals surface area contributed by atoms with Crippen LogP contribution in [0.25, 0.3) is 0 Å². The van der Waals surface area contributed by atoms with Gasteiger partial charge >= 0.3 is 0 Å². The second kappa shape index (κ2) is 7.24. The molecule has 3 rings (SSSR count). The highest BCUT2D eigenvalue weighted by atomic mass is 35.5. The summed E-state index contributed by atoms with van der Waals surface area (Å²) >= 11 is 5.86. The van der Waals surface area contributed by atoms with Crippen LogP contribution in [-0.4, -0.2) is 23.7 Å². The van der Waals surface area contributed by atoms with E-state index < -0.39 is 12.1 Å². The highest BCUT2D eigenvalue weighted by Crippen LogP contribution is 2.27.